The Morgan fingerprint density at radius 1 is 1.23 bits per heavy atom. The molecule has 0 fully saturated rings. The number of hydrogen-bond donors (Lipinski definition) is 3. The Kier molecular flexibility index (Phi) is 7.12. The molecule has 1 aliphatic rings. The molecule has 0 amide bonds. The van der Waals surface area contributed by atoms with E-state index in [0.29, 0.717) is 30.1 Å². The van der Waals surface area contributed by atoms with Gasteiger partial charge >= 0.3 is 6.18 Å². The molecule has 0 bridgehead atoms. The third kappa shape index (κ3) is 5.44. The predicted molar refractivity (Wildman–Crippen MR) is 136 cm³/mol. The minimum absolute atomic E-state index is 0.00551. The van der Waals surface area contributed by atoms with Crippen LogP contribution in [-0.4, -0.2) is 50.1 Å². The molecule has 1 aromatic carbocycles. The molecule has 40 heavy (non-hydrogen) atoms. The van der Waals surface area contributed by atoms with Gasteiger partial charge < -0.3 is 19.9 Å². The van der Waals surface area contributed by atoms with E-state index in [1.807, 2.05) is 0 Å². The zero-order valence-electron chi connectivity index (χ0n) is 20.9. The number of ether oxygens (including phenoxy) is 1. The van der Waals surface area contributed by atoms with Crippen LogP contribution >= 0.6 is 0 Å². The first kappa shape index (κ1) is 27.0. The highest BCUT2D eigenvalue weighted by molar-refractivity contribution is 5.86. The summed E-state index contributed by atoms with van der Waals surface area (Å²) in [5, 5.41) is 11.0. The number of nitrogens with one attached hydrogen (secondary N) is 3. The largest absolute Gasteiger partial charge is 0.486 e. The van der Waals surface area contributed by atoms with Gasteiger partial charge in [-0.15, -0.1) is 0 Å². The molecular formula is C25H22F5N7O3. The standard InChI is InChI=1S/C25H22F5N7O3/c1-12(34-18-9-33-36-23(38)20(18)25(28,29)30)6-14(26)11-37-4-2-13-7-16(17(27)8-15(13)24(37)39)21-32-10-19-22(35-21)31-3-5-40-19/h2,4,7-10,12,14H,3,5-6,11H2,1H3,(H,31,32,35)(H2,34,36,38)/t12-,14-/m0/s1. The van der Waals surface area contributed by atoms with Crippen LogP contribution in [0.5, 0.6) is 5.75 Å². The monoisotopic (exact) mass is 563 g/mol. The van der Waals surface area contributed by atoms with Gasteiger partial charge in [0.05, 0.1) is 42.1 Å². The second-order valence-electron chi connectivity index (χ2n) is 9.24. The van der Waals surface area contributed by atoms with Crippen LogP contribution in [0.3, 0.4) is 0 Å². The third-order valence-electron chi connectivity index (χ3n) is 6.26. The maximum Gasteiger partial charge on any atom is 0.423 e. The summed E-state index contributed by atoms with van der Waals surface area (Å²) in [7, 11) is 0. The molecule has 0 unspecified atom stereocenters. The Hall–Kier alpha value is -4.56. The predicted octanol–water partition coefficient (Wildman–Crippen LogP) is 3.73. The van der Waals surface area contributed by atoms with E-state index in [9.17, 15) is 27.2 Å². The molecule has 15 heteroatoms. The van der Waals surface area contributed by atoms with Gasteiger partial charge in [-0.1, -0.05) is 0 Å². The molecule has 10 nitrogen and oxygen atoms in total. The Morgan fingerprint density at radius 3 is 2.80 bits per heavy atom. The molecule has 0 saturated carbocycles. The SMILES string of the molecule is C[C@@H](C[C@H](F)Cn1ccc2cc(-c3ncc4c(n3)NCCO4)c(F)cc2c1=O)Nc1cn[nH]c(=O)c1C(F)(F)F. The van der Waals surface area contributed by atoms with Gasteiger partial charge in [-0.25, -0.2) is 23.8 Å². The molecule has 3 aromatic heterocycles. The van der Waals surface area contributed by atoms with Crippen LogP contribution in [0.25, 0.3) is 22.2 Å². The Labute approximate surface area is 222 Å². The van der Waals surface area contributed by atoms with E-state index >= 15 is 4.39 Å². The number of nitrogens with zero attached hydrogens (tertiary/aromatic N) is 4. The van der Waals surface area contributed by atoms with Crippen molar-refractivity contribution >= 4 is 22.3 Å². The molecule has 2 atom stereocenters. The summed E-state index contributed by atoms with van der Waals surface area (Å²) in [5.41, 5.74) is -4.07. The van der Waals surface area contributed by atoms with E-state index in [2.05, 4.69) is 25.7 Å². The Balaban J connectivity index is 1.33. The van der Waals surface area contributed by atoms with E-state index in [4.69, 9.17) is 4.74 Å². The number of aromatic amines is 1. The Bertz CT molecular complexity index is 1690. The van der Waals surface area contributed by atoms with Crippen LogP contribution in [0.2, 0.25) is 0 Å². The van der Waals surface area contributed by atoms with Gasteiger partial charge in [0.25, 0.3) is 11.1 Å². The fraction of sp³-hybridized carbons (Fsp3) is 0.320. The number of hydrogen-bond acceptors (Lipinski definition) is 8. The second kappa shape index (κ2) is 10.5. The molecule has 1 aliphatic heterocycles. The first-order valence-corrected chi connectivity index (χ1v) is 12.1. The lowest BCUT2D eigenvalue weighted by Gasteiger charge is -2.20. The quantitative estimate of drug-likeness (QED) is 0.291. The van der Waals surface area contributed by atoms with Gasteiger partial charge in [-0.3, -0.25) is 9.59 Å². The highest BCUT2D eigenvalue weighted by atomic mass is 19.4. The summed E-state index contributed by atoms with van der Waals surface area (Å²) in [6.45, 7) is 1.99. The van der Waals surface area contributed by atoms with Crippen molar-refractivity contribution in [1.82, 2.24) is 24.7 Å². The van der Waals surface area contributed by atoms with Crippen LogP contribution < -0.4 is 26.5 Å². The summed E-state index contributed by atoms with van der Waals surface area (Å²) >= 11 is 0. The van der Waals surface area contributed by atoms with Crippen LogP contribution in [0, 0.1) is 5.82 Å². The minimum atomic E-state index is -4.95. The maximum atomic E-state index is 15.1. The molecule has 0 spiro atoms. The average Bonchev–Trinajstić information content (AvgIpc) is 2.89. The highest BCUT2D eigenvalue weighted by Crippen LogP contribution is 2.32. The molecule has 4 heterocycles. The summed E-state index contributed by atoms with van der Waals surface area (Å²) in [6.07, 6.45) is -3.33. The van der Waals surface area contributed by atoms with Gasteiger partial charge in [0.1, 0.15) is 24.2 Å². The van der Waals surface area contributed by atoms with Crippen LogP contribution in [0.15, 0.2) is 46.4 Å². The highest BCUT2D eigenvalue weighted by Gasteiger charge is 2.37. The van der Waals surface area contributed by atoms with E-state index in [1.54, 1.807) is 5.10 Å². The van der Waals surface area contributed by atoms with Crippen molar-refractivity contribution in [2.75, 3.05) is 23.8 Å². The average molecular weight is 563 g/mol. The summed E-state index contributed by atoms with van der Waals surface area (Å²) in [6, 6.07) is 3.12. The number of aromatic nitrogens is 5. The lowest BCUT2D eigenvalue weighted by molar-refractivity contribution is -0.138. The zero-order chi connectivity index (χ0) is 28.6. The number of pyridine rings is 1. The molecule has 5 rings (SSSR count). The molecule has 4 aromatic rings. The number of H-pyrrole nitrogens is 1. The van der Waals surface area contributed by atoms with Gasteiger partial charge in [0.2, 0.25) is 0 Å². The van der Waals surface area contributed by atoms with Crippen molar-refractivity contribution in [3.63, 3.8) is 0 Å². The second-order valence-corrected chi connectivity index (χ2v) is 9.24. The van der Waals surface area contributed by atoms with Crippen molar-refractivity contribution in [2.45, 2.75) is 38.3 Å². The lowest BCUT2D eigenvalue weighted by Crippen LogP contribution is -2.30. The molecule has 3 N–H and O–H groups in total. The van der Waals surface area contributed by atoms with Crippen molar-refractivity contribution < 1.29 is 26.7 Å². The number of rotatable bonds is 7. The van der Waals surface area contributed by atoms with Gasteiger partial charge in [-0.05, 0) is 30.5 Å². The van der Waals surface area contributed by atoms with Crippen molar-refractivity contribution in [3.8, 4) is 17.1 Å². The summed E-state index contributed by atoms with van der Waals surface area (Å²) in [5.74, 6) is 0.212. The molecular weight excluding hydrogens is 541 g/mol. The number of benzene rings is 1. The minimum Gasteiger partial charge on any atom is -0.486 e. The molecule has 0 saturated heterocycles. The van der Waals surface area contributed by atoms with E-state index < -0.39 is 53.1 Å². The topological polar surface area (TPSA) is 127 Å². The van der Waals surface area contributed by atoms with E-state index in [1.165, 1.54) is 31.5 Å². The van der Waals surface area contributed by atoms with Gasteiger partial charge in [0.15, 0.2) is 17.4 Å². The first-order chi connectivity index (χ1) is 19.0. The normalized spacial score (nSPS) is 14.7. The van der Waals surface area contributed by atoms with Crippen molar-refractivity contribution in [3.05, 3.63) is 68.9 Å². The lowest BCUT2D eigenvalue weighted by atomic mass is 10.1. The number of fused-ring (bicyclic) bond motifs is 2. The van der Waals surface area contributed by atoms with Crippen molar-refractivity contribution in [2.24, 2.45) is 0 Å². The fourth-order valence-corrected chi connectivity index (χ4v) is 4.47. The number of anilines is 2. The van der Waals surface area contributed by atoms with Crippen LogP contribution in [0.1, 0.15) is 18.9 Å². The fourth-order valence-electron chi connectivity index (χ4n) is 4.47. The Morgan fingerprint density at radius 2 is 2.02 bits per heavy atom. The van der Waals surface area contributed by atoms with Gasteiger partial charge in [0, 0.05) is 18.7 Å². The molecule has 210 valence electrons. The molecule has 0 radical (unpaired) electrons. The van der Waals surface area contributed by atoms with E-state index in [-0.39, 0.29) is 23.2 Å². The number of alkyl halides is 4. The third-order valence-corrected chi connectivity index (χ3v) is 6.26. The van der Waals surface area contributed by atoms with Crippen LogP contribution in [-0.2, 0) is 12.7 Å². The first-order valence-electron chi connectivity index (χ1n) is 12.1. The maximum absolute atomic E-state index is 15.1. The summed E-state index contributed by atoms with van der Waals surface area (Å²) < 4.78 is 76.3. The smallest absolute Gasteiger partial charge is 0.423 e. The zero-order valence-corrected chi connectivity index (χ0v) is 20.9. The number of halogens is 5. The molecule has 0 aliphatic carbocycles. The van der Waals surface area contributed by atoms with E-state index in [0.717, 1.165) is 16.8 Å². The van der Waals surface area contributed by atoms with Crippen molar-refractivity contribution in [1.29, 1.82) is 0 Å². The van der Waals surface area contributed by atoms with Gasteiger partial charge in [-0.2, -0.15) is 18.3 Å². The van der Waals surface area contributed by atoms with Crippen LogP contribution in [0.4, 0.5) is 33.5 Å². The summed E-state index contributed by atoms with van der Waals surface area (Å²) in [4.78, 5) is 33.1.